The lowest BCUT2D eigenvalue weighted by Gasteiger charge is -2.30. The maximum atomic E-state index is 10.9. The van der Waals surface area contributed by atoms with E-state index in [1.807, 2.05) is 0 Å². The lowest BCUT2D eigenvalue weighted by Crippen LogP contribution is -2.40. The van der Waals surface area contributed by atoms with Crippen LogP contribution in [-0.4, -0.2) is 86.6 Å². The van der Waals surface area contributed by atoms with E-state index in [4.69, 9.17) is 14.2 Å². The standard InChI is InChI=1S/C15H24N6O4/c1-12(22)16-2-7-25-15-18-13(20-3-8-23-9-4-20)17-14(19-15)21-5-10-24-11-6-21/h2-11H2,1H3,(H,16,22). The number of aromatic nitrogens is 3. The van der Waals surface area contributed by atoms with Crippen LogP contribution < -0.4 is 19.9 Å². The van der Waals surface area contributed by atoms with Gasteiger partial charge in [0, 0.05) is 33.1 Å². The highest BCUT2D eigenvalue weighted by Crippen LogP contribution is 2.19. The molecular weight excluding hydrogens is 328 g/mol. The first kappa shape index (κ1) is 17.6. The average Bonchev–Trinajstić information content (AvgIpc) is 2.66. The van der Waals surface area contributed by atoms with Crippen LogP contribution in [0.5, 0.6) is 6.01 Å². The summed E-state index contributed by atoms with van der Waals surface area (Å²) >= 11 is 0. The van der Waals surface area contributed by atoms with Gasteiger partial charge in [-0.05, 0) is 0 Å². The zero-order valence-electron chi connectivity index (χ0n) is 14.4. The van der Waals surface area contributed by atoms with E-state index in [-0.39, 0.29) is 11.9 Å². The fraction of sp³-hybridized carbons (Fsp3) is 0.733. The van der Waals surface area contributed by atoms with Gasteiger partial charge < -0.3 is 29.3 Å². The Morgan fingerprint density at radius 2 is 1.52 bits per heavy atom. The molecule has 2 aliphatic heterocycles. The molecule has 3 heterocycles. The van der Waals surface area contributed by atoms with Crippen LogP contribution in [0.25, 0.3) is 0 Å². The van der Waals surface area contributed by atoms with Gasteiger partial charge in [0.05, 0.1) is 33.0 Å². The number of ether oxygens (including phenoxy) is 3. The summed E-state index contributed by atoms with van der Waals surface area (Å²) in [6.07, 6.45) is 0. The molecule has 10 nitrogen and oxygen atoms in total. The SMILES string of the molecule is CC(=O)NCCOc1nc(N2CCOCC2)nc(N2CCOCC2)n1. The van der Waals surface area contributed by atoms with Gasteiger partial charge in [-0.25, -0.2) is 0 Å². The largest absolute Gasteiger partial charge is 0.461 e. The number of hydrogen-bond donors (Lipinski definition) is 1. The minimum atomic E-state index is -0.0951. The molecule has 0 aromatic carbocycles. The van der Waals surface area contributed by atoms with Crippen molar-refractivity contribution in [3.63, 3.8) is 0 Å². The maximum absolute atomic E-state index is 10.9. The van der Waals surface area contributed by atoms with Crippen molar-refractivity contribution < 1.29 is 19.0 Å². The molecule has 1 amide bonds. The van der Waals surface area contributed by atoms with Crippen molar-refractivity contribution in [3.05, 3.63) is 0 Å². The summed E-state index contributed by atoms with van der Waals surface area (Å²) in [5, 5.41) is 2.68. The van der Waals surface area contributed by atoms with E-state index in [2.05, 4.69) is 30.1 Å². The molecule has 0 radical (unpaired) electrons. The predicted octanol–water partition coefficient (Wildman–Crippen LogP) is -0.940. The number of morpholine rings is 2. The Balaban J connectivity index is 1.73. The zero-order valence-corrected chi connectivity index (χ0v) is 14.4. The van der Waals surface area contributed by atoms with Crippen molar-refractivity contribution in [1.82, 2.24) is 20.3 Å². The molecule has 25 heavy (non-hydrogen) atoms. The number of nitrogens with one attached hydrogen (secondary N) is 1. The highest BCUT2D eigenvalue weighted by molar-refractivity contribution is 5.72. The van der Waals surface area contributed by atoms with Gasteiger partial charge in [-0.3, -0.25) is 4.79 Å². The number of anilines is 2. The van der Waals surface area contributed by atoms with Crippen molar-refractivity contribution in [2.45, 2.75) is 6.92 Å². The molecule has 0 saturated carbocycles. The molecule has 2 saturated heterocycles. The maximum Gasteiger partial charge on any atom is 0.323 e. The van der Waals surface area contributed by atoms with Crippen LogP contribution in [-0.2, 0) is 14.3 Å². The third-order valence-corrected chi connectivity index (χ3v) is 3.89. The molecule has 0 unspecified atom stereocenters. The summed E-state index contributed by atoms with van der Waals surface area (Å²) in [5.74, 6) is 1.09. The van der Waals surface area contributed by atoms with E-state index in [0.717, 1.165) is 26.2 Å². The number of carbonyl (C=O) groups excluding carboxylic acids is 1. The van der Waals surface area contributed by atoms with Crippen LogP contribution in [0.3, 0.4) is 0 Å². The van der Waals surface area contributed by atoms with E-state index < -0.39 is 0 Å². The van der Waals surface area contributed by atoms with Gasteiger partial charge in [0.15, 0.2) is 0 Å². The normalized spacial score (nSPS) is 18.1. The molecule has 3 rings (SSSR count). The van der Waals surface area contributed by atoms with Gasteiger partial charge in [-0.2, -0.15) is 15.0 Å². The molecule has 0 spiro atoms. The van der Waals surface area contributed by atoms with Crippen molar-refractivity contribution in [2.24, 2.45) is 0 Å². The molecule has 2 aliphatic rings. The second-order valence-electron chi connectivity index (χ2n) is 5.75. The van der Waals surface area contributed by atoms with Gasteiger partial charge in [0.25, 0.3) is 0 Å². The average molecular weight is 352 g/mol. The Bertz CT molecular complexity index is 539. The van der Waals surface area contributed by atoms with Crippen LogP contribution in [0, 0.1) is 0 Å². The van der Waals surface area contributed by atoms with E-state index in [9.17, 15) is 4.79 Å². The number of amides is 1. The van der Waals surface area contributed by atoms with E-state index in [1.54, 1.807) is 0 Å². The van der Waals surface area contributed by atoms with Crippen LogP contribution in [0.1, 0.15) is 6.92 Å². The summed E-state index contributed by atoms with van der Waals surface area (Å²) < 4.78 is 16.4. The zero-order chi connectivity index (χ0) is 17.5. The first-order chi connectivity index (χ1) is 12.2. The van der Waals surface area contributed by atoms with Crippen LogP contribution in [0.2, 0.25) is 0 Å². The predicted molar refractivity (Wildman–Crippen MR) is 90.1 cm³/mol. The highest BCUT2D eigenvalue weighted by atomic mass is 16.5. The quantitative estimate of drug-likeness (QED) is 0.650. The Labute approximate surface area is 146 Å². The monoisotopic (exact) mass is 352 g/mol. The van der Waals surface area contributed by atoms with Gasteiger partial charge in [0.2, 0.25) is 17.8 Å². The first-order valence-corrected chi connectivity index (χ1v) is 8.51. The molecule has 0 atom stereocenters. The molecule has 0 aliphatic carbocycles. The highest BCUT2D eigenvalue weighted by Gasteiger charge is 2.21. The fourth-order valence-corrected chi connectivity index (χ4v) is 2.58. The number of rotatable bonds is 6. The van der Waals surface area contributed by atoms with Crippen molar-refractivity contribution >= 4 is 17.8 Å². The fourth-order valence-electron chi connectivity index (χ4n) is 2.58. The lowest BCUT2D eigenvalue weighted by molar-refractivity contribution is -0.119. The van der Waals surface area contributed by atoms with Gasteiger partial charge in [-0.1, -0.05) is 0 Å². The smallest absolute Gasteiger partial charge is 0.323 e. The van der Waals surface area contributed by atoms with Crippen molar-refractivity contribution in [2.75, 3.05) is 75.6 Å². The van der Waals surface area contributed by atoms with E-state index in [1.165, 1.54) is 6.92 Å². The third-order valence-electron chi connectivity index (χ3n) is 3.89. The molecule has 138 valence electrons. The van der Waals surface area contributed by atoms with Crippen LogP contribution in [0.15, 0.2) is 0 Å². The first-order valence-electron chi connectivity index (χ1n) is 8.51. The van der Waals surface area contributed by atoms with Crippen molar-refractivity contribution in [3.8, 4) is 6.01 Å². The summed E-state index contributed by atoms with van der Waals surface area (Å²) in [7, 11) is 0. The van der Waals surface area contributed by atoms with E-state index >= 15 is 0 Å². The Hall–Kier alpha value is -2.20. The minimum Gasteiger partial charge on any atom is -0.461 e. The summed E-state index contributed by atoms with van der Waals surface area (Å²) in [5.41, 5.74) is 0. The Morgan fingerprint density at radius 3 is 2.00 bits per heavy atom. The number of hydrogen-bond acceptors (Lipinski definition) is 9. The number of nitrogens with zero attached hydrogens (tertiary/aromatic N) is 5. The van der Waals surface area contributed by atoms with Crippen molar-refractivity contribution in [1.29, 1.82) is 0 Å². The van der Waals surface area contributed by atoms with Gasteiger partial charge in [0.1, 0.15) is 6.61 Å². The molecule has 1 N–H and O–H groups in total. The Kier molecular flexibility index (Phi) is 6.18. The Morgan fingerprint density at radius 1 is 1.00 bits per heavy atom. The topological polar surface area (TPSA) is 102 Å². The summed E-state index contributed by atoms with van der Waals surface area (Å²) in [4.78, 5) is 28.5. The summed E-state index contributed by atoms with van der Waals surface area (Å²) in [6, 6.07) is 0.267. The summed E-state index contributed by atoms with van der Waals surface area (Å²) in [6.45, 7) is 7.71. The number of carbonyl (C=O) groups is 1. The van der Waals surface area contributed by atoms with Crippen LogP contribution in [0.4, 0.5) is 11.9 Å². The molecule has 1 aromatic heterocycles. The van der Waals surface area contributed by atoms with Crippen LogP contribution >= 0.6 is 0 Å². The molecular formula is C15H24N6O4. The molecule has 10 heteroatoms. The molecule has 0 bridgehead atoms. The second kappa shape index (κ2) is 8.77. The lowest BCUT2D eigenvalue weighted by atomic mass is 10.4. The van der Waals surface area contributed by atoms with Gasteiger partial charge in [-0.15, -0.1) is 0 Å². The molecule has 2 fully saturated rings. The van der Waals surface area contributed by atoms with Gasteiger partial charge >= 0.3 is 6.01 Å². The second-order valence-corrected chi connectivity index (χ2v) is 5.75. The molecule has 1 aromatic rings. The third kappa shape index (κ3) is 5.13. The minimum absolute atomic E-state index is 0.0951. The van der Waals surface area contributed by atoms with E-state index in [0.29, 0.717) is 51.5 Å².